The van der Waals surface area contributed by atoms with E-state index in [1.165, 1.54) is 14.2 Å². The van der Waals surface area contributed by atoms with Crippen molar-refractivity contribution in [2.45, 2.75) is 57.2 Å². The second-order valence-corrected chi connectivity index (χ2v) is 9.30. The largest absolute Gasteiger partial charge is 0.469 e. The van der Waals surface area contributed by atoms with E-state index < -0.39 is 46.3 Å². The molecular weight excluding hydrogens is 376 g/mol. The maximum atomic E-state index is 13.1. The number of methoxy groups -OCH3 is 2. The van der Waals surface area contributed by atoms with Crippen LogP contribution in [0.3, 0.4) is 0 Å². The van der Waals surface area contributed by atoms with Crippen LogP contribution in [0.2, 0.25) is 0 Å². The molecule has 0 aromatic rings. The maximum Gasteiger partial charge on any atom is 0.317 e. The molecule has 160 valence electrons. The first-order valence-corrected chi connectivity index (χ1v) is 10.2. The van der Waals surface area contributed by atoms with Gasteiger partial charge >= 0.3 is 11.9 Å². The highest BCUT2D eigenvalue weighted by Crippen LogP contribution is 2.72. The standard InChI is InChI=1S/C22H30O7/c1-12-9-21-10-22(12,26)8-7-14(21)13-5-6-15(23)20(2,19(25)29-11-27-3)16(13)17(21)18(24)28-4/h15-17,23,26H,1,5-11H2,2-4H3/t15-,16-,17-,20-,21+,22+/m1/s1. The number of hydrogen-bond acceptors (Lipinski definition) is 7. The van der Waals surface area contributed by atoms with Crippen LogP contribution in [-0.4, -0.2) is 54.9 Å². The first kappa shape index (κ1) is 20.6. The van der Waals surface area contributed by atoms with E-state index in [0.717, 1.165) is 16.7 Å². The summed E-state index contributed by atoms with van der Waals surface area (Å²) in [6, 6.07) is 0. The molecule has 2 N–H and O–H groups in total. The fourth-order valence-electron chi connectivity index (χ4n) is 6.74. The Morgan fingerprint density at radius 1 is 1.28 bits per heavy atom. The first-order valence-electron chi connectivity index (χ1n) is 10.2. The number of aliphatic hydroxyl groups excluding tert-OH is 1. The third-order valence-electron chi connectivity index (χ3n) is 8.10. The Kier molecular flexibility index (Phi) is 4.72. The van der Waals surface area contributed by atoms with Gasteiger partial charge in [0.05, 0.1) is 30.1 Å². The number of esters is 2. The van der Waals surface area contributed by atoms with Gasteiger partial charge in [0.2, 0.25) is 0 Å². The number of fused-ring (bicyclic) bond motifs is 2. The van der Waals surface area contributed by atoms with E-state index in [1.54, 1.807) is 6.92 Å². The molecular formula is C22H30O7. The van der Waals surface area contributed by atoms with Crippen LogP contribution in [0.1, 0.15) is 45.4 Å². The van der Waals surface area contributed by atoms with Gasteiger partial charge in [-0.25, -0.2) is 0 Å². The molecule has 2 bridgehead atoms. The average Bonchev–Trinajstić information content (AvgIpc) is 3.08. The monoisotopic (exact) mass is 406 g/mol. The molecule has 0 radical (unpaired) electrons. The number of hydrogen-bond donors (Lipinski definition) is 2. The molecule has 4 aliphatic rings. The summed E-state index contributed by atoms with van der Waals surface area (Å²) >= 11 is 0. The van der Waals surface area contributed by atoms with Gasteiger partial charge in [-0.1, -0.05) is 17.7 Å². The fourth-order valence-corrected chi connectivity index (χ4v) is 6.74. The second-order valence-electron chi connectivity index (χ2n) is 9.30. The van der Waals surface area contributed by atoms with Crippen LogP contribution < -0.4 is 0 Å². The maximum absolute atomic E-state index is 13.1. The number of allylic oxidation sites excluding steroid dienone is 2. The quantitative estimate of drug-likeness (QED) is 0.417. The molecule has 4 rings (SSSR count). The number of carbonyl (C=O) groups is 2. The zero-order valence-corrected chi connectivity index (χ0v) is 17.3. The highest BCUT2D eigenvalue weighted by Gasteiger charge is 2.71. The molecule has 7 nitrogen and oxygen atoms in total. The van der Waals surface area contributed by atoms with Gasteiger partial charge in [0, 0.05) is 18.4 Å². The summed E-state index contributed by atoms with van der Waals surface area (Å²) < 4.78 is 15.4. The van der Waals surface area contributed by atoms with Crippen LogP contribution in [-0.2, 0) is 23.8 Å². The van der Waals surface area contributed by atoms with Gasteiger partial charge in [-0.05, 0) is 51.0 Å². The van der Waals surface area contributed by atoms with E-state index in [2.05, 4.69) is 6.58 Å². The molecule has 7 heteroatoms. The van der Waals surface area contributed by atoms with Gasteiger partial charge in [0.15, 0.2) is 6.79 Å². The highest BCUT2D eigenvalue weighted by molar-refractivity contribution is 5.84. The predicted octanol–water partition coefficient (Wildman–Crippen LogP) is 1.87. The lowest BCUT2D eigenvalue weighted by Gasteiger charge is -2.46. The molecule has 6 atom stereocenters. The summed E-state index contributed by atoms with van der Waals surface area (Å²) in [7, 11) is 2.76. The number of aliphatic hydroxyl groups is 2. The summed E-state index contributed by atoms with van der Waals surface area (Å²) in [5.74, 6) is -2.20. The molecule has 1 spiro atoms. The van der Waals surface area contributed by atoms with E-state index in [0.29, 0.717) is 38.5 Å². The molecule has 29 heavy (non-hydrogen) atoms. The van der Waals surface area contributed by atoms with Gasteiger partial charge in [0.1, 0.15) is 0 Å². The van der Waals surface area contributed by atoms with Crippen molar-refractivity contribution in [3.63, 3.8) is 0 Å². The van der Waals surface area contributed by atoms with Gasteiger partial charge in [-0.15, -0.1) is 0 Å². The second kappa shape index (κ2) is 6.65. The van der Waals surface area contributed by atoms with E-state index in [9.17, 15) is 19.8 Å². The van der Waals surface area contributed by atoms with Crippen molar-refractivity contribution in [2.24, 2.45) is 22.7 Å². The van der Waals surface area contributed by atoms with Crippen molar-refractivity contribution in [3.8, 4) is 0 Å². The minimum Gasteiger partial charge on any atom is -0.469 e. The lowest BCUT2D eigenvalue weighted by atomic mass is 9.58. The molecule has 0 unspecified atom stereocenters. The van der Waals surface area contributed by atoms with Crippen molar-refractivity contribution in [2.75, 3.05) is 21.0 Å². The Hall–Kier alpha value is -1.70. The van der Waals surface area contributed by atoms with Gasteiger partial charge in [0.25, 0.3) is 0 Å². The first-order chi connectivity index (χ1) is 13.7. The molecule has 0 aromatic carbocycles. The summed E-state index contributed by atoms with van der Waals surface area (Å²) in [4.78, 5) is 26.3. The number of carbonyl (C=O) groups excluding carboxylic acids is 2. The van der Waals surface area contributed by atoms with Crippen LogP contribution in [0, 0.1) is 22.7 Å². The fraction of sp³-hybridized carbons (Fsp3) is 0.727. The summed E-state index contributed by atoms with van der Waals surface area (Å²) in [6.45, 7) is 5.57. The molecule has 0 saturated heterocycles. The molecule has 4 aliphatic carbocycles. The molecule has 3 fully saturated rings. The lowest BCUT2D eigenvalue weighted by molar-refractivity contribution is -0.184. The highest BCUT2D eigenvalue weighted by atomic mass is 16.7. The van der Waals surface area contributed by atoms with E-state index in [1.807, 2.05) is 0 Å². The molecule has 0 aromatic heterocycles. The minimum absolute atomic E-state index is 0.218. The third kappa shape index (κ3) is 2.53. The van der Waals surface area contributed by atoms with Crippen LogP contribution in [0.4, 0.5) is 0 Å². The van der Waals surface area contributed by atoms with Crippen molar-refractivity contribution < 1.29 is 34.0 Å². The van der Waals surface area contributed by atoms with Crippen molar-refractivity contribution in [1.29, 1.82) is 0 Å². The van der Waals surface area contributed by atoms with Crippen LogP contribution in [0.25, 0.3) is 0 Å². The SMILES string of the molecule is C=C1C[C@]23C[C@@]1(O)CCC2=C1CC[C@@H](O)[C@@](C)(C(=O)OCOC)[C@H]1[C@@H]3C(=O)OC. The summed E-state index contributed by atoms with van der Waals surface area (Å²) in [6.07, 6.45) is 2.23. The Labute approximate surface area is 170 Å². The molecule has 3 saturated carbocycles. The molecule has 0 amide bonds. The zero-order valence-electron chi connectivity index (χ0n) is 17.3. The van der Waals surface area contributed by atoms with E-state index >= 15 is 0 Å². The topological polar surface area (TPSA) is 102 Å². The lowest BCUT2D eigenvalue weighted by Crippen LogP contribution is -2.54. The zero-order chi connectivity index (χ0) is 21.2. The van der Waals surface area contributed by atoms with Crippen LogP contribution in [0.5, 0.6) is 0 Å². The van der Waals surface area contributed by atoms with Gasteiger partial charge < -0.3 is 24.4 Å². The molecule has 0 aliphatic heterocycles. The van der Waals surface area contributed by atoms with Crippen molar-refractivity contribution in [3.05, 3.63) is 23.3 Å². The summed E-state index contributed by atoms with van der Waals surface area (Å²) in [5, 5.41) is 22.1. The number of ether oxygens (including phenoxy) is 3. The van der Waals surface area contributed by atoms with Gasteiger partial charge in [-0.3, -0.25) is 9.59 Å². The Morgan fingerprint density at radius 2 is 2.00 bits per heavy atom. The molecule has 0 heterocycles. The van der Waals surface area contributed by atoms with E-state index in [4.69, 9.17) is 14.2 Å². The smallest absolute Gasteiger partial charge is 0.317 e. The Bertz CT molecular complexity index is 801. The third-order valence-corrected chi connectivity index (χ3v) is 8.10. The number of rotatable bonds is 4. The van der Waals surface area contributed by atoms with Crippen LogP contribution in [0.15, 0.2) is 23.3 Å². The van der Waals surface area contributed by atoms with Crippen molar-refractivity contribution >= 4 is 11.9 Å². The Balaban J connectivity index is 1.87. The average molecular weight is 406 g/mol. The normalized spacial score (nSPS) is 43.1. The van der Waals surface area contributed by atoms with Gasteiger partial charge in [-0.2, -0.15) is 0 Å². The summed E-state index contributed by atoms with van der Waals surface area (Å²) in [5.41, 5.74) is 0.0500. The minimum atomic E-state index is -1.30. The van der Waals surface area contributed by atoms with Crippen LogP contribution >= 0.6 is 0 Å². The van der Waals surface area contributed by atoms with E-state index in [-0.39, 0.29) is 6.79 Å². The van der Waals surface area contributed by atoms with Crippen molar-refractivity contribution in [1.82, 2.24) is 0 Å². The Morgan fingerprint density at radius 3 is 2.66 bits per heavy atom. The predicted molar refractivity (Wildman–Crippen MR) is 102 cm³/mol.